The molecular formula is C37H49ClN6O9. The number of aromatic nitrogens is 4. The molecule has 0 saturated carbocycles. The highest BCUT2D eigenvalue weighted by molar-refractivity contribution is 6.28. The van der Waals surface area contributed by atoms with Crippen molar-refractivity contribution in [2.24, 2.45) is 5.41 Å². The smallest absolute Gasteiger partial charge is 0.226 e. The molecule has 1 aromatic carbocycles. The van der Waals surface area contributed by atoms with Crippen LogP contribution in [0.5, 0.6) is 5.75 Å². The first-order valence-electron chi connectivity index (χ1n) is 18.3. The number of hydrogen-bond donors (Lipinski definition) is 1. The van der Waals surface area contributed by atoms with Gasteiger partial charge >= 0.3 is 0 Å². The van der Waals surface area contributed by atoms with Gasteiger partial charge in [0, 0.05) is 37.3 Å². The minimum absolute atomic E-state index is 0.134. The van der Waals surface area contributed by atoms with Gasteiger partial charge in [0.15, 0.2) is 17.7 Å². The molecule has 1 unspecified atom stereocenters. The van der Waals surface area contributed by atoms with Gasteiger partial charge in [-0.15, -0.1) is 6.42 Å². The second kappa shape index (κ2) is 17.0. The lowest BCUT2D eigenvalue weighted by Gasteiger charge is -2.55. The minimum atomic E-state index is -0.801. The maximum atomic E-state index is 9.97. The Kier molecular flexibility index (Phi) is 12.2. The summed E-state index contributed by atoms with van der Waals surface area (Å²) in [7, 11) is 0. The van der Waals surface area contributed by atoms with Crippen LogP contribution in [0.15, 0.2) is 30.5 Å². The van der Waals surface area contributed by atoms with Crippen LogP contribution >= 0.6 is 11.6 Å². The number of halogens is 1. The topological polar surface area (TPSA) is 144 Å². The summed E-state index contributed by atoms with van der Waals surface area (Å²) in [6.45, 7) is 11.4. The molecule has 15 nitrogen and oxygen atoms in total. The first-order valence-corrected chi connectivity index (χ1v) is 18.7. The Hall–Kier alpha value is -3.30. The van der Waals surface area contributed by atoms with Crippen LogP contribution in [-0.4, -0.2) is 141 Å². The van der Waals surface area contributed by atoms with Crippen LogP contribution in [0.4, 0.5) is 11.5 Å². The molecule has 2 aromatic heterocycles. The highest BCUT2D eigenvalue weighted by atomic mass is 35.5. The molecule has 4 aliphatic rings. The molecule has 16 heteroatoms. The average Bonchev–Trinajstić information content (AvgIpc) is 3.80. The van der Waals surface area contributed by atoms with Gasteiger partial charge in [-0.05, 0) is 62.6 Å². The summed E-state index contributed by atoms with van der Waals surface area (Å²) in [6, 6.07) is 8.29. The molecule has 4 atom stereocenters. The van der Waals surface area contributed by atoms with Gasteiger partial charge in [-0.1, -0.05) is 5.92 Å². The van der Waals surface area contributed by atoms with Gasteiger partial charge in [-0.25, -0.2) is 4.68 Å². The number of terminal acetylenes is 1. The molecule has 0 radical (unpaired) electrons. The van der Waals surface area contributed by atoms with Gasteiger partial charge < -0.3 is 52.8 Å². The maximum Gasteiger partial charge on any atom is 0.226 e. The predicted octanol–water partition coefficient (Wildman–Crippen LogP) is 3.07. The normalized spacial score (nSPS) is 24.4. The lowest BCUT2D eigenvalue weighted by atomic mass is 9.73. The lowest BCUT2D eigenvalue weighted by molar-refractivity contribution is -0.201. The zero-order chi connectivity index (χ0) is 36.8. The van der Waals surface area contributed by atoms with Gasteiger partial charge in [-0.3, -0.25) is 0 Å². The van der Waals surface area contributed by atoms with E-state index in [4.69, 9.17) is 55.9 Å². The second-order valence-corrected chi connectivity index (χ2v) is 14.6. The van der Waals surface area contributed by atoms with Crippen LogP contribution in [0, 0.1) is 17.8 Å². The molecular weight excluding hydrogens is 708 g/mol. The van der Waals surface area contributed by atoms with E-state index >= 15 is 0 Å². The zero-order valence-electron chi connectivity index (χ0n) is 30.4. The summed E-state index contributed by atoms with van der Waals surface area (Å²) in [5, 5.41) is 15.6. The van der Waals surface area contributed by atoms with Crippen molar-refractivity contribution in [2.45, 2.75) is 57.0 Å². The van der Waals surface area contributed by atoms with Crippen molar-refractivity contribution >= 4 is 34.1 Å². The van der Waals surface area contributed by atoms with Crippen LogP contribution in [0.2, 0.25) is 5.28 Å². The zero-order valence-corrected chi connectivity index (χ0v) is 31.1. The fraction of sp³-hybridized carbons (Fsp3) is 0.649. The molecule has 4 fully saturated rings. The van der Waals surface area contributed by atoms with Crippen molar-refractivity contribution in [1.82, 2.24) is 19.7 Å². The average molecular weight is 757 g/mol. The van der Waals surface area contributed by atoms with Gasteiger partial charge in [0.05, 0.1) is 64.4 Å². The van der Waals surface area contributed by atoms with Gasteiger partial charge in [0.1, 0.15) is 43.1 Å². The number of piperidine rings is 1. The number of nitrogens with zero attached hydrogens (tertiary/aromatic N) is 6. The third-order valence-electron chi connectivity index (χ3n) is 9.97. The van der Waals surface area contributed by atoms with Crippen LogP contribution in [0.3, 0.4) is 0 Å². The number of aliphatic hydroxyl groups excluding tert-OH is 1. The maximum absolute atomic E-state index is 9.97. The van der Waals surface area contributed by atoms with Crippen molar-refractivity contribution in [3.8, 4) is 18.1 Å². The van der Waals surface area contributed by atoms with E-state index in [1.54, 1.807) is 10.9 Å². The van der Waals surface area contributed by atoms with Crippen LogP contribution in [0.25, 0.3) is 11.0 Å². The number of aliphatic hydroxyl groups is 1. The number of fused-ring (bicyclic) bond motifs is 2. The van der Waals surface area contributed by atoms with E-state index in [9.17, 15) is 5.11 Å². The fourth-order valence-corrected chi connectivity index (χ4v) is 7.84. The van der Waals surface area contributed by atoms with E-state index in [0.717, 1.165) is 56.0 Å². The third-order valence-corrected chi connectivity index (χ3v) is 10.1. The van der Waals surface area contributed by atoms with Crippen molar-refractivity contribution in [1.29, 1.82) is 0 Å². The summed E-state index contributed by atoms with van der Waals surface area (Å²) in [4.78, 5) is 13.9. The monoisotopic (exact) mass is 756 g/mol. The molecule has 288 valence electrons. The van der Waals surface area contributed by atoms with E-state index in [0.29, 0.717) is 65.1 Å². The standard InChI is InChI=1S/C37H49ClN6O9/c1-4-12-46-13-14-47-15-16-48-17-18-49-19-20-50-27-8-6-26(7-9-27)42-11-5-10-37(23-42)24-43(25-37)32-28-21-39-44(33(28)41-35(38)40-32)34-31-30(29(22-45)51-34)52-36(2,3)53-31/h1,6-9,21,29-31,34,45H,5,10-20,22-25H2,2-3H3/t29?,30-,31-,34-/m1/s1. The molecule has 6 heterocycles. The molecule has 7 rings (SSSR count). The van der Waals surface area contributed by atoms with Crippen LogP contribution < -0.4 is 14.5 Å². The van der Waals surface area contributed by atoms with Gasteiger partial charge in [-0.2, -0.15) is 15.1 Å². The summed E-state index contributed by atoms with van der Waals surface area (Å²) in [5.41, 5.74) is 1.87. The number of rotatable bonds is 18. The Morgan fingerprint density at radius 1 is 0.906 bits per heavy atom. The third kappa shape index (κ3) is 8.83. The largest absolute Gasteiger partial charge is 0.491 e. The highest BCUT2D eigenvalue weighted by Gasteiger charge is 2.56. The quantitative estimate of drug-likeness (QED) is 0.115. The van der Waals surface area contributed by atoms with Crippen molar-refractivity contribution < 1.29 is 43.0 Å². The van der Waals surface area contributed by atoms with Crippen LogP contribution in [0.1, 0.15) is 32.9 Å². The Bertz CT molecular complexity index is 1700. The summed E-state index contributed by atoms with van der Waals surface area (Å²) in [6.07, 6.45) is 7.08. The van der Waals surface area contributed by atoms with Gasteiger partial charge in [0.2, 0.25) is 5.28 Å². The number of anilines is 2. The first kappa shape index (κ1) is 38.0. The van der Waals surface area contributed by atoms with Crippen LogP contribution in [-0.2, 0) is 33.2 Å². The highest BCUT2D eigenvalue weighted by Crippen LogP contribution is 2.46. The molecule has 4 saturated heterocycles. The Balaban J connectivity index is 0.865. The van der Waals surface area contributed by atoms with Crippen molar-refractivity contribution in [2.75, 3.05) is 102 Å². The minimum Gasteiger partial charge on any atom is -0.491 e. The molecule has 1 N–H and O–H groups in total. The Morgan fingerprint density at radius 2 is 1.57 bits per heavy atom. The van der Waals surface area contributed by atoms with E-state index in [1.165, 1.54) is 5.69 Å². The molecule has 4 aliphatic heterocycles. The summed E-state index contributed by atoms with van der Waals surface area (Å²) >= 11 is 6.52. The molecule has 0 aliphatic carbocycles. The van der Waals surface area contributed by atoms with Crippen molar-refractivity contribution in [3.05, 3.63) is 35.7 Å². The Morgan fingerprint density at radius 3 is 2.26 bits per heavy atom. The molecule has 1 spiro atoms. The molecule has 3 aromatic rings. The van der Waals surface area contributed by atoms with E-state index in [-0.39, 0.29) is 17.3 Å². The van der Waals surface area contributed by atoms with Gasteiger partial charge in [0.25, 0.3) is 0 Å². The summed E-state index contributed by atoms with van der Waals surface area (Å²) in [5.74, 6) is 3.18. The molecule has 53 heavy (non-hydrogen) atoms. The Labute approximate surface area is 314 Å². The molecule has 0 bridgehead atoms. The summed E-state index contributed by atoms with van der Waals surface area (Å²) < 4.78 is 47.7. The van der Waals surface area contributed by atoms with E-state index in [1.807, 2.05) is 26.0 Å². The number of ether oxygens (including phenoxy) is 8. The van der Waals surface area contributed by atoms with E-state index in [2.05, 4.69) is 42.9 Å². The predicted molar refractivity (Wildman–Crippen MR) is 195 cm³/mol. The van der Waals surface area contributed by atoms with Crippen molar-refractivity contribution in [3.63, 3.8) is 0 Å². The SMILES string of the molecule is C#CCOCCOCCOCCOCCOc1ccc(N2CCCC3(C2)CN(c2nc(Cl)nc4c2cnn4[C@@H]2OC(CO)[C@H]4OC(C)(C)O[C@H]42)C3)cc1. The number of hydrogen-bond acceptors (Lipinski definition) is 14. The second-order valence-electron chi connectivity index (χ2n) is 14.3. The first-order chi connectivity index (χ1) is 25.8. The molecule has 0 amide bonds. The van der Waals surface area contributed by atoms with E-state index < -0.39 is 30.3 Å². The number of benzene rings is 1. The lowest BCUT2D eigenvalue weighted by Crippen LogP contribution is -2.63. The fourth-order valence-electron chi connectivity index (χ4n) is 7.68.